The summed E-state index contributed by atoms with van der Waals surface area (Å²) in [4.78, 5) is 23.9. The molecule has 2 aromatic carbocycles. The molecule has 0 saturated heterocycles. The molecule has 7 heteroatoms. The number of hydrogen-bond donors (Lipinski definition) is 2. The first kappa shape index (κ1) is 20.1. The third-order valence-corrected chi connectivity index (χ3v) is 4.14. The van der Waals surface area contributed by atoms with Gasteiger partial charge in [0.15, 0.2) is 0 Å². The Kier molecular flexibility index (Phi) is 6.63. The smallest absolute Gasteiger partial charge is 0.338 e. The van der Waals surface area contributed by atoms with E-state index >= 15 is 0 Å². The van der Waals surface area contributed by atoms with Gasteiger partial charge in [-0.3, -0.25) is 0 Å². The second kappa shape index (κ2) is 9.54. The number of nitrogens with one attached hydrogen (secondary N) is 2. The standard InChI is InChI=1S/C22H24N4O3/c1-16(2)25-22(28)23-14-17-4-8-19(9-5-17)21(27)29-15-18-6-10-20(11-7-18)26-13-3-12-24-26/h3-13,16H,14-15H2,1-2H3,(H2,23,25,28). The highest BCUT2D eigenvalue weighted by Crippen LogP contribution is 2.11. The molecule has 0 radical (unpaired) electrons. The molecule has 3 rings (SSSR count). The fourth-order valence-corrected chi connectivity index (χ4v) is 2.65. The van der Waals surface area contributed by atoms with Gasteiger partial charge in [-0.1, -0.05) is 24.3 Å². The topological polar surface area (TPSA) is 85.3 Å². The van der Waals surface area contributed by atoms with Crippen LogP contribution >= 0.6 is 0 Å². The molecule has 0 saturated carbocycles. The molecule has 7 nitrogen and oxygen atoms in total. The molecule has 0 aliphatic heterocycles. The van der Waals surface area contributed by atoms with Crippen LogP contribution in [0.1, 0.15) is 35.3 Å². The van der Waals surface area contributed by atoms with E-state index in [-0.39, 0.29) is 18.7 Å². The van der Waals surface area contributed by atoms with Crippen LogP contribution in [-0.2, 0) is 17.9 Å². The van der Waals surface area contributed by atoms with Gasteiger partial charge in [-0.25, -0.2) is 14.3 Å². The number of nitrogens with zero attached hydrogens (tertiary/aromatic N) is 2. The van der Waals surface area contributed by atoms with Crippen molar-refractivity contribution in [3.8, 4) is 5.69 Å². The number of urea groups is 1. The molecule has 2 amide bonds. The van der Waals surface area contributed by atoms with Crippen molar-refractivity contribution in [2.24, 2.45) is 0 Å². The van der Waals surface area contributed by atoms with E-state index in [4.69, 9.17) is 4.74 Å². The van der Waals surface area contributed by atoms with E-state index in [1.165, 1.54) is 0 Å². The number of amides is 2. The summed E-state index contributed by atoms with van der Waals surface area (Å²) in [5.41, 5.74) is 3.20. The highest BCUT2D eigenvalue weighted by Gasteiger charge is 2.08. The second-order valence-electron chi connectivity index (χ2n) is 6.87. The molecule has 3 aromatic rings. The van der Waals surface area contributed by atoms with Gasteiger partial charge in [0.2, 0.25) is 0 Å². The normalized spacial score (nSPS) is 10.6. The Morgan fingerprint density at radius 3 is 2.34 bits per heavy atom. The highest BCUT2D eigenvalue weighted by atomic mass is 16.5. The molecule has 0 bridgehead atoms. The van der Waals surface area contributed by atoms with Crippen molar-refractivity contribution >= 4 is 12.0 Å². The fourth-order valence-electron chi connectivity index (χ4n) is 2.65. The predicted octanol–water partition coefficient (Wildman–Crippen LogP) is 3.44. The fraction of sp³-hybridized carbons (Fsp3) is 0.227. The third-order valence-electron chi connectivity index (χ3n) is 4.14. The molecule has 2 N–H and O–H groups in total. The van der Waals surface area contributed by atoms with Crippen molar-refractivity contribution in [2.45, 2.75) is 33.0 Å². The molecule has 0 spiro atoms. The predicted molar refractivity (Wildman–Crippen MR) is 110 cm³/mol. The Balaban J connectivity index is 1.48. The molecule has 150 valence electrons. The Morgan fingerprint density at radius 1 is 1.03 bits per heavy atom. The SMILES string of the molecule is CC(C)NC(=O)NCc1ccc(C(=O)OCc2ccc(-n3cccn3)cc2)cc1. The minimum absolute atomic E-state index is 0.0777. The van der Waals surface area contributed by atoms with Crippen LogP contribution in [0.2, 0.25) is 0 Å². The van der Waals surface area contributed by atoms with Crippen molar-refractivity contribution in [3.05, 3.63) is 83.7 Å². The highest BCUT2D eigenvalue weighted by molar-refractivity contribution is 5.89. The van der Waals surface area contributed by atoms with E-state index in [1.807, 2.05) is 50.4 Å². The van der Waals surface area contributed by atoms with Gasteiger partial charge in [-0.2, -0.15) is 5.10 Å². The Bertz CT molecular complexity index is 933. The summed E-state index contributed by atoms with van der Waals surface area (Å²) in [6, 6.07) is 16.4. The van der Waals surface area contributed by atoms with Crippen molar-refractivity contribution in [1.82, 2.24) is 20.4 Å². The molecular formula is C22H24N4O3. The van der Waals surface area contributed by atoms with Crippen molar-refractivity contribution in [3.63, 3.8) is 0 Å². The Hall–Kier alpha value is -3.61. The van der Waals surface area contributed by atoms with E-state index in [1.54, 1.807) is 35.1 Å². The molecule has 1 heterocycles. The molecule has 0 fully saturated rings. The van der Waals surface area contributed by atoms with Crippen LogP contribution in [0.25, 0.3) is 5.69 Å². The van der Waals surface area contributed by atoms with Crippen LogP contribution in [0, 0.1) is 0 Å². The molecule has 1 aromatic heterocycles. The van der Waals surface area contributed by atoms with Crippen molar-refractivity contribution in [1.29, 1.82) is 0 Å². The van der Waals surface area contributed by atoms with Gasteiger partial charge in [-0.05, 0) is 55.3 Å². The molecule has 29 heavy (non-hydrogen) atoms. The number of carbonyl (C=O) groups is 2. The Morgan fingerprint density at radius 2 is 1.72 bits per heavy atom. The number of benzene rings is 2. The van der Waals surface area contributed by atoms with Gasteiger partial charge in [0, 0.05) is 25.0 Å². The molecular weight excluding hydrogens is 368 g/mol. The monoisotopic (exact) mass is 392 g/mol. The zero-order valence-corrected chi connectivity index (χ0v) is 16.5. The minimum Gasteiger partial charge on any atom is -0.457 e. The lowest BCUT2D eigenvalue weighted by Crippen LogP contribution is -2.39. The van der Waals surface area contributed by atoms with E-state index in [9.17, 15) is 9.59 Å². The zero-order valence-electron chi connectivity index (χ0n) is 16.5. The lowest BCUT2D eigenvalue weighted by atomic mass is 10.1. The summed E-state index contributed by atoms with van der Waals surface area (Å²) >= 11 is 0. The first-order valence-corrected chi connectivity index (χ1v) is 9.40. The quantitative estimate of drug-likeness (QED) is 0.603. The largest absolute Gasteiger partial charge is 0.457 e. The molecule has 0 atom stereocenters. The number of hydrogen-bond acceptors (Lipinski definition) is 4. The number of rotatable bonds is 7. The van der Waals surface area contributed by atoms with Gasteiger partial charge in [0.25, 0.3) is 0 Å². The lowest BCUT2D eigenvalue weighted by Gasteiger charge is -2.10. The van der Waals surface area contributed by atoms with Gasteiger partial charge in [-0.15, -0.1) is 0 Å². The molecule has 0 unspecified atom stereocenters. The summed E-state index contributed by atoms with van der Waals surface area (Å²) in [7, 11) is 0. The maximum Gasteiger partial charge on any atom is 0.338 e. The van der Waals surface area contributed by atoms with Gasteiger partial charge >= 0.3 is 12.0 Å². The van der Waals surface area contributed by atoms with Crippen molar-refractivity contribution in [2.75, 3.05) is 0 Å². The first-order valence-electron chi connectivity index (χ1n) is 9.40. The average molecular weight is 392 g/mol. The van der Waals surface area contributed by atoms with Crippen LogP contribution in [0.5, 0.6) is 0 Å². The molecule has 0 aliphatic carbocycles. The summed E-state index contributed by atoms with van der Waals surface area (Å²) in [5.74, 6) is -0.391. The number of aromatic nitrogens is 2. The van der Waals surface area contributed by atoms with E-state index in [2.05, 4.69) is 15.7 Å². The van der Waals surface area contributed by atoms with Crippen LogP contribution in [0.3, 0.4) is 0 Å². The average Bonchev–Trinajstić information content (AvgIpc) is 3.26. The van der Waals surface area contributed by atoms with Crippen LogP contribution in [-0.4, -0.2) is 27.8 Å². The van der Waals surface area contributed by atoms with E-state index in [0.29, 0.717) is 12.1 Å². The van der Waals surface area contributed by atoms with Crippen molar-refractivity contribution < 1.29 is 14.3 Å². The maximum atomic E-state index is 12.3. The zero-order chi connectivity index (χ0) is 20.6. The van der Waals surface area contributed by atoms with Crippen LogP contribution in [0.4, 0.5) is 4.79 Å². The maximum absolute atomic E-state index is 12.3. The number of carbonyl (C=O) groups excluding carboxylic acids is 2. The van der Waals surface area contributed by atoms with Crippen LogP contribution < -0.4 is 10.6 Å². The summed E-state index contributed by atoms with van der Waals surface area (Å²) in [5, 5.41) is 9.70. The number of esters is 1. The van der Waals surface area contributed by atoms with Crippen LogP contribution in [0.15, 0.2) is 67.0 Å². The van der Waals surface area contributed by atoms with E-state index in [0.717, 1.165) is 16.8 Å². The van der Waals surface area contributed by atoms with Gasteiger partial charge in [0.05, 0.1) is 11.3 Å². The number of ether oxygens (including phenoxy) is 1. The summed E-state index contributed by atoms with van der Waals surface area (Å²) < 4.78 is 7.15. The van der Waals surface area contributed by atoms with Gasteiger partial charge in [0.1, 0.15) is 6.61 Å². The summed E-state index contributed by atoms with van der Waals surface area (Å²) in [6.07, 6.45) is 3.59. The second-order valence-corrected chi connectivity index (χ2v) is 6.87. The third kappa shape index (κ3) is 5.93. The Labute approximate surface area is 169 Å². The lowest BCUT2D eigenvalue weighted by molar-refractivity contribution is 0.0472. The molecule has 0 aliphatic rings. The van der Waals surface area contributed by atoms with Gasteiger partial charge < -0.3 is 15.4 Å². The summed E-state index contributed by atoms with van der Waals surface area (Å²) in [6.45, 7) is 4.37. The first-order chi connectivity index (χ1) is 14.0. The minimum atomic E-state index is -0.391. The van der Waals surface area contributed by atoms with E-state index < -0.39 is 5.97 Å².